The van der Waals surface area contributed by atoms with E-state index in [2.05, 4.69) is 32.7 Å². The molecule has 0 saturated carbocycles. The fraction of sp³-hybridized carbons (Fsp3) is 0.308. The highest BCUT2D eigenvalue weighted by atomic mass is 19.1. The standard InChI is InChI=1S/C26H28FN5O2/c1-15-10-19(27)22(13-23(15)33)30-21-4-7-29-26-25(21)24(34)12-17-11-16(2-3-20(17)31-26)14-32-8-5-18(28)6-9-32/h2-4,7,10-11,13,18,33H,5-6,8-9,12,14,28H2,1H3,(H2,29,30,31). The van der Waals surface area contributed by atoms with Crippen LogP contribution in [-0.4, -0.2) is 39.9 Å². The molecule has 1 aromatic heterocycles. The number of nitrogens with zero attached hydrogens (tertiary/aromatic N) is 2. The van der Waals surface area contributed by atoms with Gasteiger partial charge in [0.25, 0.3) is 0 Å². The van der Waals surface area contributed by atoms with Crippen molar-refractivity contribution in [1.82, 2.24) is 9.88 Å². The van der Waals surface area contributed by atoms with E-state index in [1.807, 2.05) is 6.07 Å². The number of pyridine rings is 1. The van der Waals surface area contributed by atoms with Gasteiger partial charge in [-0.3, -0.25) is 9.69 Å². The molecule has 5 rings (SSSR count). The number of aromatic nitrogens is 1. The van der Waals surface area contributed by atoms with Gasteiger partial charge in [-0.15, -0.1) is 0 Å². The summed E-state index contributed by atoms with van der Waals surface area (Å²) in [6.07, 6.45) is 3.77. The lowest BCUT2D eigenvalue weighted by Gasteiger charge is -2.30. The van der Waals surface area contributed by atoms with Gasteiger partial charge in [0.2, 0.25) is 0 Å². The molecule has 34 heavy (non-hydrogen) atoms. The quantitative estimate of drug-likeness (QED) is 0.457. The van der Waals surface area contributed by atoms with Crippen LogP contribution in [0.3, 0.4) is 0 Å². The van der Waals surface area contributed by atoms with Gasteiger partial charge in [0.1, 0.15) is 17.4 Å². The Morgan fingerprint density at radius 1 is 1.21 bits per heavy atom. The number of phenolic OH excluding ortho intramolecular Hbond substituents is 1. The molecule has 2 aliphatic rings. The van der Waals surface area contributed by atoms with Crippen LogP contribution < -0.4 is 16.4 Å². The minimum absolute atomic E-state index is 0.0240. The molecule has 2 aromatic carbocycles. The third-order valence-electron chi connectivity index (χ3n) is 6.60. The highest BCUT2D eigenvalue weighted by Crippen LogP contribution is 2.35. The van der Waals surface area contributed by atoms with Crippen molar-refractivity contribution in [3.63, 3.8) is 0 Å². The van der Waals surface area contributed by atoms with Crippen molar-refractivity contribution < 1.29 is 14.3 Å². The lowest BCUT2D eigenvalue weighted by molar-refractivity contribution is 0.0995. The van der Waals surface area contributed by atoms with E-state index in [9.17, 15) is 14.3 Å². The maximum absolute atomic E-state index is 14.5. The second-order valence-electron chi connectivity index (χ2n) is 9.16. The van der Waals surface area contributed by atoms with Crippen LogP contribution in [-0.2, 0) is 13.0 Å². The van der Waals surface area contributed by atoms with Crippen molar-refractivity contribution >= 4 is 28.7 Å². The van der Waals surface area contributed by atoms with E-state index in [0.29, 0.717) is 22.6 Å². The van der Waals surface area contributed by atoms with E-state index in [1.165, 1.54) is 12.1 Å². The number of piperidine rings is 1. The minimum atomic E-state index is -0.513. The maximum atomic E-state index is 14.5. The van der Waals surface area contributed by atoms with Crippen LogP contribution in [0.15, 0.2) is 42.6 Å². The number of Topliss-reactive ketones (excluding diaryl/α,β-unsaturated/α-hetero) is 1. The average Bonchev–Trinajstić information content (AvgIpc) is 2.95. The zero-order chi connectivity index (χ0) is 23.8. The van der Waals surface area contributed by atoms with E-state index < -0.39 is 5.82 Å². The molecule has 176 valence electrons. The van der Waals surface area contributed by atoms with Crippen molar-refractivity contribution in [2.24, 2.45) is 5.73 Å². The highest BCUT2D eigenvalue weighted by Gasteiger charge is 2.25. The minimum Gasteiger partial charge on any atom is -0.508 e. The van der Waals surface area contributed by atoms with Gasteiger partial charge >= 0.3 is 0 Å². The molecule has 1 fully saturated rings. The maximum Gasteiger partial charge on any atom is 0.173 e. The Morgan fingerprint density at radius 2 is 2.00 bits per heavy atom. The van der Waals surface area contributed by atoms with Gasteiger partial charge in [0.05, 0.1) is 16.9 Å². The van der Waals surface area contributed by atoms with Crippen LogP contribution in [0.1, 0.15) is 39.9 Å². The molecular formula is C26H28FN5O2. The number of benzene rings is 2. The Balaban J connectivity index is 1.41. The molecule has 5 N–H and O–H groups in total. The zero-order valence-corrected chi connectivity index (χ0v) is 19.1. The van der Waals surface area contributed by atoms with Crippen LogP contribution in [0.2, 0.25) is 0 Å². The Labute approximate surface area is 197 Å². The summed E-state index contributed by atoms with van der Waals surface area (Å²) in [6, 6.07) is 10.6. The number of likely N-dealkylation sites (tertiary alicyclic amines) is 1. The first kappa shape index (κ1) is 22.3. The van der Waals surface area contributed by atoms with Crippen LogP contribution >= 0.6 is 0 Å². The number of phenols is 1. The third-order valence-corrected chi connectivity index (χ3v) is 6.60. The van der Waals surface area contributed by atoms with Gasteiger partial charge in [-0.2, -0.15) is 0 Å². The summed E-state index contributed by atoms with van der Waals surface area (Å²) in [4.78, 5) is 20.1. The molecule has 0 unspecified atom stereocenters. The van der Waals surface area contributed by atoms with Gasteiger partial charge in [-0.1, -0.05) is 12.1 Å². The monoisotopic (exact) mass is 461 g/mol. The summed E-state index contributed by atoms with van der Waals surface area (Å²) >= 11 is 0. The molecule has 1 saturated heterocycles. The molecule has 0 atom stereocenters. The number of carbonyl (C=O) groups is 1. The normalized spacial score (nSPS) is 16.4. The number of hydrogen-bond acceptors (Lipinski definition) is 7. The molecule has 0 spiro atoms. The number of nitrogens with two attached hydrogens (primary N) is 1. The highest BCUT2D eigenvalue weighted by molar-refractivity contribution is 6.09. The number of nitrogens with one attached hydrogen (secondary N) is 2. The van der Waals surface area contributed by atoms with Crippen molar-refractivity contribution in [2.45, 2.75) is 38.8 Å². The third kappa shape index (κ3) is 4.47. The summed E-state index contributed by atoms with van der Waals surface area (Å²) in [7, 11) is 0. The average molecular weight is 462 g/mol. The molecule has 8 heteroatoms. The summed E-state index contributed by atoms with van der Waals surface area (Å²) < 4.78 is 14.5. The first-order valence-corrected chi connectivity index (χ1v) is 11.5. The van der Waals surface area contributed by atoms with Gasteiger partial charge in [-0.05, 0) is 67.7 Å². The fourth-order valence-electron chi connectivity index (χ4n) is 4.62. The fourth-order valence-corrected chi connectivity index (χ4v) is 4.62. The van der Waals surface area contributed by atoms with E-state index in [-0.39, 0.29) is 29.7 Å². The van der Waals surface area contributed by atoms with Gasteiger partial charge in [-0.25, -0.2) is 9.37 Å². The number of hydrogen-bond donors (Lipinski definition) is 4. The van der Waals surface area contributed by atoms with E-state index in [4.69, 9.17) is 5.73 Å². The Hall–Kier alpha value is -3.49. The summed E-state index contributed by atoms with van der Waals surface area (Å²) in [5.41, 5.74) is 10.2. The van der Waals surface area contributed by atoms with E-state index in [1.54, 1.807) is 19.2 Å². The molecule has 3 aromatic rings. The SMILES string of the molecule is Cc1cc(F)c(Nc2ccnc3c2C(=O)Cc2cc(CN4CCC(N)CC4)ccc2N3)cc1O. The molecule has 0 bridgehead atoms. The molecule has 3 heterocycles. The second kappa shape index (κ2) is 9.04. The predicted octanol–water partition coefficient (Wildman–Crippen LogP) is 4.38. The summed E-state index contributed by atoms with van der Waals surface area (Å²) in [5.74, 6) is -0.233. The Kier molecular flexibility index (Phi) is 5.93. The largest absolute Gasteiger partial charge is 0.508 e. The van der Waals surface area contributed by atoms with Crippen molar-refractivity contribution in [3.05, 3.63) is 70.7 Å². The van der Waals surface area contributed by atoms with Crippen molar-refractivity contribution in [1.29, 1.82) is 0 Å². The van der Waals surface area contributed by atoms with Crippen LogP contribution in [0.4, 0.5) is 27.3 Å². The van der Waals surface area contributed by atoms with Crippen LogP contribution in [0.25, 0.3) is 0 Å². The van der Waals surface area contributed by atoms with Crippen molar-refractivity contribution in [2.75, 3.05) is 23.7 Å². The van der Waals surface area contributed by atoms with Gasteiger partial charge in [0.15, 0.2) is 5.78 Å². The molecular weight excluding hydrogens is 433 g/mol. The number of carbonyl (C=O) groups excluding carboxylic acids is 1. The number of anilines is 4. The topological polar surface area (TPSA) is 104 Å². The summed E-state index contributed by atoms with van der Waals surface area (Å²) in [6.45, 7) is 4.40. The molecule has 7 nitrogen and oxygen atoms in total. The van der Waals surface area contributed by atoms with Gasteiger partial charge in [0, 0.05) is 37.0 Å². The summed E-state index contributed by atoms with van der Waals surface area (Å²) in [5, 5.41) is 16.3. The van der Waals surface area contributed by atoms with Gasteiger partial charge < -0.3 is 21.5 Å². The number of ketones is 1. The molecule has 0 aliphatic carbocycles. The van der Waals surface area contributed by atoms with E-state index >= 15 is 0 Å². The first-order valence-electron chi connectivity index (χ1n) is 11.5. The number of halogens is 1. The second-order valence-corrected chi connectivity index (χ2v) is 9.16. The molecule has 2 aliphatic heterocycles. The molecule has 0 radical (unpaired) electrons. The van der Waals surface area contributed by atoms with Crippen molar-refractivity contribution in [3.8, 4) is 5.75 Å². The lowest BCUT2D eigenvalue weighted by Crippen LogP contribution is -2.39. The molecule has 0 amide bonds. The number of aryl methyl sites for hydroxylation is 1. The van der Waals surface area contributed by atoms with Crippen LogP contribution in [0, 0.1) is 12.7 Å². The van der Waals surface area contributed by atoms with E-state index in [0.717, 1.165) is 49.3 Å². The smallest absolute Gasteiger partial charge is 0.173 e. The number of rotatable bonds is 4. The predicted molar refractivity (Wildman–Crippen MR) is 131 cm³/mol. The first-order chi connectivity index (χ1) is 16.4. The number of fused-ring (bicyclic) bond motifs is 2. The lowest BCUT2D eigenvalue weighted by atomic mass is 10.00. The van der Waals surface area contributed by atoms with Crippen LogP contribution in [0.5, 0.6) is 5.75 Å². The Morgan fingerprint density at radius 3 is 2.79 bits per heavy atom. The Bertz CT molecular complexity index is 1250. The zero-order valence-electron chi connectivity index (χ0n) is 19.1. The number of aromatic hydroxyl groups is 1.